The van der Waals surface area contributed by atoms with E-state index >= 15 is 0 Å². The number of quaternary nitrogens is 1. The van der Waals surface area contributed by atoms with Gasteiger partial charge in [0.2, 0.25) is 0 Å². The first-order chi connectivity index (χ1) is 13.2. The van der Waals surface area contributed by atoms with Crippen molar-refractivity contribution in [2.75, 3.05) is 45.6 Å². The van der Waals surface area contributed by atoms with E-state index in [9.17, 15) is 0 Å². The molecular formula is C24H50BrNOS. The Bertz CT molecular complexity index is 324. The van der Waals surface area contributed by atoms with Crippen LogP contribution < -0.4 is 17.0 Å². The Morgan fingerprint density at radius 3 is 1.64 bits per heavy atom. The van der Waals surface area contributed by atoms with Gasteiger partial charge in [0.25, 0.3) is 0 Å². The number of ether oxygens (including phenoxy) is 1. The summed E-state index contributed by atoms with van der Waals surface area (Å²) in [6.45, 7) is 10.3. The molecule has 0 N–H and O–H groups in total. The highest BCUT2D eigenvalue weighted by Crippen LogP contribution is 2.19. The molecule has 1 saturated heterocycles. The summed E-state index contributed by atoms with van der Waals surface area (Å²) in [6.07, 6.45) is 20.4. The second-order valence-electron chi connectivity index (χ2n) is 9.14. The standard InChI is InChI=1S/C24H50NOS.BrH/c1-4-5-6-7-8-9-10-11-12-13-14-15-16-17-22-27-24(2)23-25(3)18-20-26-21-19-25;/h24H,4-23H2,1-3H3;1H/q+1;/p-1. The lowest BCUT2D eigenvalue weighted by Crippen LogP contribution is -3.00. The number of hydrogen-bond donors (Lipinski definition) is 0. The van der Waals surface area contributed by atoms with E-state index in [1.165, 1.54) is 120 Å². The van der Waals surface area contributed by atoms with Gasteiger partial charge in [0.1, 0.15) is 13.1 Å². The predicted octanol–water partition coefficient (Wildman–Crippen LogP) is 4.07. The van der Waals surface area contributed by atoms with Crippen LogP contribution in [0.1, 0.15) is 104 Å². The minimum Gasteiger partial charge on any atom is -1.00 e. The summed E-state index contributed by atoms with van der Waals surface area (Å²) in [4.78, 5) is 0. The van der Waals surface area contributed by atoms with E-state index in [1.54, 1.807) is 0 Å². The van der Waals surface area contributed by atoms with Gasteiger partial charge in [-0.1, -0.05) is 90.4 Å². The Morgan fingerprint density at radius 1 is 0.750 bits per heavy atom. The average Bonchev–Trinajstić information content (AvgIpc) is 2.65. The van der Waals surface area contributed by atoms with E-state index in [4.69, 9.17) is 4.74 Å². The number of morpholine rings is 1. The summed E-state index contributed by atoms with van der Waals surface area (Å²) < 4.78 is 6.73. The fraction of sp³-hybridized carbons (Fsp3) is 1.00. The molecule has 0 radical (unpaired) electrons. The highest BCUT2D eigenvalue weighted by atomic mass is 79.9. The summed E-state index contributed by atoms with van der Waals surface area (Å²) in [5.41, 5.74) is 0. The third kappa shape index (κ3) is 16.5. The first kappa shape index (κ1) is 28.8. The highest BCUT2D eigenvalue weighted by molar-refractivity contribution is 7.99. The molecule has 0 amide bonds. The maximum absolute atomic E-state index is 5.51. The Hall–Kier alpha value is 0.750. The van der Waals surface area contributed by atoms with Gasteiger partial charge in [-0.3, -0.25) is 0 Å². The van der Waals surface area contributed by atoms with Crippen molar-refractivity contribution in [1.29, 1.82) is 0 Å². The number of halogens is 1. The van der Waals surface area contributed by atoms with Crippen molar-refractivity contribution in [3.05, 3.63) is 0 Å². The topological polar surface area (TPSA) is 9.23 Å². The first-order valence-electron chi connectivity index (χ1n) is 12.2. The van der Waals surface area contributed by atoms with Crippen LogP contribution in [0.5, 0.6) is 0 Å². The molecule has 1 atom stereocenters. The summed E-state index contributed by atoms with van der Waals surface area (Å²) in [5.74, 6) is 1.36. The molecule has 28 heavy (non-hydrogen) atoms. The van der Waals surface area contributed by atoms with Crippen molar-refractivity contribution in [2.45, 2.75) is 109 Å². The number of rotatable bonds is 18. The number of thioether (sulfide) groups is 1. The average molecular weight is 481 g/mol. The minimum atomic E-state index is 0. The van der Waals surface area contributed by atoms with Gasteiger partial charge in [-0.25, -0.2) is 0 Å². The highest BCUT2D eigenvalue weighted by Gasteiger charge is 2.27. The minimum absolute atomic E-state index is 0. The zero-order valence-electron chi connectivity index (χ0n) is 19.4. The predicted molar refractivity (Wildman–Crippen MR) is 124 cm³/mol. The molecule has 1 fully saturated rings. The van der Waals surface area contributed by atoms with Crippen molar-refractivity contribution in [2.24, 2.45) is 0 Å². The number of hydrogen-bond acceptors (Lipinski definition) is 2. The molecule has 0 aromatic rings. The number of unbranched alkanes of at least 4 members (excludes halogenated alkanes) is 13. The van der Waals surface area contributed by atoms with Crippen LogP contribution in [-0.2, 0) is 4.74 Å². The van der Waals surface area contributed by atoms with Crippen molar-refractivity contribution < 1.29 is 26.2 Å². The molecule has 1 rings (SSSR count). The summed E-state index contributed by atoms with van der Waals surface area (Å²) in [6, 6.07) is 0. The molecule has 4 heteroatoms. The molecule has 1 aliphatic heterocycles. The first-order valence-corrected chi connectivity index (χ1v) is 13.2. The van der Waals surface area contributed by atoms with Crippen LogP contribution in [0.2, 0.25) is 0 Å². The zero-order chi connectivity index (χ0) is 19.6. The van der Waals surface area contributed by atoms with Crippen molar-refractivity contribution in [3.63, 3.8) is 0 Å². The third-order valence-electron chi connectivity index (χ3n) is 6.15. The number of nitrogens with zero attached hydrogens (tertiary/aromatic N) is 1. The quantitative estimate of drug-likeness (QED) is 0.216. The van der Waals surface area contributed by atoms with Gasteiger partial charge in [-0.15, -0.1) is 0 Å². The molecule has 0 aromatic heterocycles. The zero-order valence-corrected chi connectivity index (χ0v) is 21.8. The molecule has 170 valence electrons. The van der Waals surface area contributed by atoms with Crippen LogP contribution in [0, 0.1) is 0 Å². The maximum Gasteiger partial charge on any atom is 0.102 e. The largest absolute Gasteiger partial charge is 1.00 e. The van der Waals surface area contributed by atoms with E-state index in [-0.39, 0.29) is 17.0 Å². The molecule has 0 bridgehead atoms. The monoisotopic (exact) mass is 479 g/mol. The van der Waals surface area contributed by atoms with Gasteiger partial charge >= 0.3 is 0 Å². The summed E-state index contributed by atoms with van der Waals surface area (Å²) in [7, 11) is 2.41. The van der Waals surface area contributed by atoms with Gasteiger partial charge in [0, 0.05) is 0 Å². The third-order valence-corrected chi connectivity index (χ3v) is 7.39. The Labute approximate surface area is 192 Å². The van der Waals surface area contributed by atoms with E-state index in [0.29, 0.717) is 0 Å². The molecule has 1 aliphatic rings. The smallest absolute Gasteiger partial charge is 0.102 e. The molecule has 0 aliphatic carbocycles. The van der Waals surface area contributed by atoms with E-state index in [0.717, 1.165) is 18.5 Å². The molecular weight excluding hydrogens is 430 g/mol. The van der Waals surface area contributed by atoms with Gasteiger partial charge in [0.05, 0.1) is 32.1 Å². The van der Waals surface area contributed by atoms with Crippen LogP contribution in [0.25, 0.3) is 0 Å². The molecule has 0 spiro atoms. The van der Waals surface area contributed by atoms with Crippen molar-refractivity contribution >= 4 is 11.8 Å². The lowest BCUT2D eigenvalue weighted by atomic mass is 10.0. The van der Waals surface area contributed by atoms with Crippen LogP contribution >= 0.6 is 11.8 Å². The summed E-state index contributed by atoms with van der Waals surface area (Å²) >= 11 is 2.20. The normalized spacial score (nSPS) is 17.2. The Balaban J connectivity index is 0.00000729. The second-order valence-corrected chi connectivity index (χ2v) is 10.7. The van der Waals surface area contributed by atoms with Crippen LogP contribution in [0.15, 0.2) is 0 Å². The Morgan fingerprint density at radius 2 is 1.18 bits per heavy atom. The fourth-order valence-corrected chi connectivity index (χ4v) is 5.46. The van der Waals surface area contributed by atoms with Crippen LogP contribution in [0.3, 0.4) is 0 Å². The Kier molecular flexibility index (Phi) is 20.2. The SMILES string of the molecule is CCCCCCCCCCCCCCCCSC(C)C[N+]1(C)CCOCC1.[Br-]. The molecule has 0 saturated carbocycles. The van der Waals surface area contributed by atoms with Gasteiger partial charge in [-0.2, -0.15) is 11.8 Å². The second kappa shape index (κ2) is 19.7. The van der Waals surface area contributed by atoms with E-state index < -0.39 is 0 Å². The molecule has 1 heterocycles. The molecule has 0 aromatic carbocycles. The maximum atomic E-state index is 5.51. The van der Waals surface area contributed by atoms with Crippen LogP contribution in [-0.4, -0.2) is 55.4 Å². The lowest BCUT2D eigenvalue weighted by molar-refractivity contribution is -0.916. The van der Waals surface area contributed by atoms with E-state index in [1.807, 2.05) is 0 Å². The van der Waals surface area contributed by atoms with E-state index in [2.05, 4.69) is 32.7 Å². The number of likely N-dealkylation sites (N-methyl/N-ethyl adjacent to an activating group) is 1. The van der Waals surface area contributed by atoms with Crippen LogP contribution in [0.4, 0.5) is 0 Å². The lowest BCUT2D eigenvalue weighted by Gasteiger charge is -2.39. The molecule has 1 unspecified atom stereocenters. The van der Waals surface area contributed by atoms with Crippen molar-refractivity contribution in [1.82, 2.24) is 0 Å². The van der Waals surface area contributed by atoms with Crippen molar-refractivity contribution in [3.8, 4) is 0 Å². The van der Waals surface area contributed by atoms with Gasteiger partial charge in [-0.05, 0) is 19.1 Å². The summed E-state index contributed by atoms with van der Waals surface area (Å²) in [5, 5.41) is 0.787. The van der Waals surface area contributed by atoms with Gasteiger partial charge in [0.15, 0.2) is 0 Å². The fourth-order valence-electron chi connectivity index (χ4n) is 4.22. The molecule has 2 nitrogen and oxygen atoms in total. The van der Waals surface area contributed by atoms with Gasteiger partial charge < -0.3 is 26.2 Å².